The first-order valence-corrected chi connectivity index (χ1v) is 4.23. The number of hydrogen-bond acceptors (Lipinski definition) is 3. The third-order valence-electron chi connectivity index (χ3n) is 1.82. The lowest BCUT2D eigenvalue weighted by molar-refractivity contribution is 0.0697. The van der Waals surface area contributed by atoms with Gasteiger partial charge in [-0.05, 0) is 12.1 Å². The molecule has 0 heterocycles. The van der Waals surface area contributed by atoms with E-state index >= 15 is 0 Å². The van der Waals surface area contributed by atoms with Crippen LogP contribution in [0.5, 0.6) is 0 Å². The highest BCUT2D eigenvalue weighted by Gasteiger charge is 2.13. The Balaban J connectivity index is 3.42. The molecule has 3 N–H and O–H groups in total. The van der Waals surface area contributed by atoms with E-state index in [4.69, 9.17) is 22.1 Å². The van der Waals surface area contributed by atoms with Crippen LogP contribution in [0.25, 0.3) is 0 Å². The molecule has 0 bridgehead atoms. The second kappa shape index (κ2) is 4.11. The average molecular weight is 213 g/mol. The summed E-state index contributed by atoms with van der Waals surface area (Å²) in [6.07, 6.45) is 1.03. The molecule has 0 unspecified atom stereocenters. The molecule has 1 aromatic rings. The second-order valence-corrected chi connectivity index (χ2v) is 2.97. The molecule has 0 saturated carbocycles. The summed E-state index contributed by atoms with van der Waals surface area (Å²) < 4.78 is 0. The van der Waals surface area contributed by atoms with Crippen LogP contribution in [0, 0.1) is 5.41 Å². The Morgan fingerprint density at radius 2 is 2.29 bits per heavy atom. The first kappa shape index (κ1) is 10.5. The molecule has 74 valence electrons. The normalized spacial score (nSPS) is 9.57. The highest BCUT2D eigenvalue weighted by Crippen LogP contribution is 2.26. The quantitative estimate of drug-likeness (QED) is 0.672. The number of aromatic carboxylic acids is 1. The summed E-state index contributed by atoms with van der Waals surface area (Å²) in [4.78, 5) is 10.7. The lowest BCUT2D eigenvalue weighted by atomic mass is 10.1. The molecule has 0 aliphatic carbocycles. The van der Waals surface area contributed by atoms with Crippen molar-refractivity contribution in [2.75, 3.05) is 12.4 Å². The molecule has 1 rings (SSSR count). The van der Waals surface area contributed by atoms with E-state index in [0.717, 1.165) is 6.21 Å². The molecular formula is C9H9ClN2O2. The van der Waals surface area contributed by atoms with Crippen molar-refractivity contribution in [3.05, 3.63) is 28.3 Å². The standard InChI is InChI=1S/C9H9ClN2O2/c1-12-7-3-2-5(9(13)14)8(10)6(7)4-11/h2-4,11-12H,1H3,(H,13,14). The van der Waals surface area contributed by atoms with Gasteiger partial charge in [-0.15, -0.1) is 0 Å². The van der Waals surface area contributed by atoms with E-state index in [0.29, 0.717) is 11.3 Å². The summed E-state index contributed by atoms with van der Waals surface area (Å²) in [5.74, 6) is -1.10. The maximum Gasteiger partial charge on any atom is 0.337 e. The Hall–Kier alpha value is -1.55. The molecule has 4 nitrogen and oxygen atoms in total. The largest absolute Gasteiger partial charge is 0.478 e. The van der Waals surface area contributed by atoms with Crippen LogP contribution in [0.3, 0.4) is 0 Å². The minimum absolute atomic E-state index is 0.00386. The molecular weight excluding hydrogens is 204 g/mol. The highest BCUT2D eigenvalue weighted by molar-refractivity contribution is 6.36. The van der Waals surface area contributed by atoms with Crippen molar-refractivity contribution in [2.45, 2.75) is 0 Å². The third kappa shape index (κ3) is 1.70. The Morgan fingerprint density at radius 3 is 2.71 bits per heavy atom. The molecule has 0 spiro atoms. The number of carboxylic acids is 1. The van der Waals surface area contributed by atoms with Gasteiger partial charge in [0.1, 0.15) is 0 Å². The maximum atomic E-state index is 10.7. The fraction of sp³-hybridized carbons (Fsp3) is 0.111. The van der Waals surface area contributed by atoms with E-state index < -0.39 is 5.97 Å². The van der Waals surface area contributed by atoms with Crippen molar-refractivity contribution in [1.82, 2.24) is 0 Å². The molecule has 0 saturated heterocycles. The predicted octanol–water partition coefficient (Wildman–Crippen LogP) is 2.08. The summed E-state index contributed by atoms with van der Waals surface area (Å²) >= 11 is 5.82. The first-order valence-electron chi connectivity index (χ1n) is 3.85. The Kier molecular flexibility index (Phi) is 3.09. The summed E-state index contributed by atoms with van der Waals surface area (Å²) in [7, 11) is 1.68. The lowest BCUT2D eigenvalue weighted by Gasteiger charge is -2.08. The van der Waals surface area contributed by atoms with E-state index in [2.05, 4.69) is 5.32 Å². The number of carbonyl (C=O) groups is 1. The van der Waals surface area contributed by atoms with Crippen LogP contribution >= 0.6 is 11.6 Å². The highest BCUT2D eigenvalue weighted by atomic mass is 35.5. The minimum atomic E-state index is -1.10. The molecule has 0 aliphatic heterocycles. The molecule has 5 heteroatoms. The number of anilines is 1. The van der Waals surface area contributed by atoms with Crippen molar-refractivity contribution in [3.63, 3.8) is 0 Å². The number of rotatable bonds is 3. The number of benzene rings is 1. The molecule has 14 heavy (non-hydrogen) atoms. The van der Waals surface area contributed by atoms with Crippen LogP contribution in [0.2, 0.25) is 5.02 Å². The summed E-state index contributed by atoms with van der Waals surface area (Å²) in [5, 5.41) is 18.8. The van der Waals surface area contributed by atoms with Crippen LogP contribution in [0.15, 0.2) is 12.1 Å². The SMILES string of the molecule is CNc1ccc(C(=O)O)c(Cl)c1C=N. The predicted molar refractivity (Wildman–Crippen MR) is 55.8 cm³/mol. The van der Waals surface area contributed by atoms with Gasteiger partial charge in [0.15, 0.2) is 0 Å². The van der Waals surface area contributed by atoms with Gasteiger partial charge in [0, 0.05) is 24.5 Å². The fourth-order valence-corrected chi connectivity index (χ4v) is 1.42. The zero-order valence-electron chi connectivity index (χ0n) is 7.47. The van der Waals surface area contributed by atoms with Gasteiger partial charge in [-0.25, -0.2) is 4.79 Å². The number of carboxylic acid groups (broad SMARTS) is 1. The molecule has 1 aromatic carbocycles. The van der Waals surface area contributed by atoms with Crippen LogP contribution in [-0.4, -0.2) is 24.3 Å². The van der Waals surface area contributed by atoms with Crippen molar-refractivity contribution in [3.8, 4) is 0 Å². The van der Waals surface area contributed by atoms with Crippen molar-refractivity contribution >= 4 is 29.5 Å². The van der Waals surface area contributed by atoms with Crippen LogP contribution in [-0.2, 0) is 0 Å². The Bertz CT molecular complexity index is 391. The van der Waals surface area contributed by atoms with E-state index in [1.165, 1.54) is 6.07 Å². The van der Waals surface area contributed by atoms with Crippen molar-refractivity contribution in [2.24, 2.45) is 0 Å². The molecule has 0 amide bonds. The van der Waals surface area contributed by atoms with Crippen LogP contribution in [0.4, 0.5) is 5.69 Å². The van der Waals surface area contributed by atoms with E-state index in [-0.39, 0.29) is 10.6 Å². The topological polar surface area (TPSA) is 73.2 Å². The fourth-order valence-electron chi connectivity index (χ4n) is 1.12. The minimum Gasteiger partial charge on any atom is -0.478 e. The van der Waals surface area contributed by atoms with Crippen molar-refractivity contribution < 1.29 is 9.90 Å². The Morgan fingerprint density at radius 1 is 1.64 bits per heavy atom. The molecule has 0 radical (unpaired) electrons. The number of hydrogen-bond donors (Lipinski definition) is 3. The zero-order valence-corrected chi connectivity index (χ0v) is 8.22. The van der Waals surface area contributed by atoms with Crippen LogP contribution in [0.1, 0.15) is 15.9 Å². The van der Waals surface area contributed by atoms with E-state index in [1.54, 1.807) is 13.1 Å². The molecule has 0 fully saturated rings. The molecule has 0 aromatic heterocycles. The third-order valence-corrected chi connectivity index (χ3v) is 2.23. The summed E-state index contributed by atoms with van der Waals surface area (Å²) in [5.41, 5.74) is 1.02. The summed E-state index contributed by atoms with van der Waals surface area (Å²) in [6, 6.07) is 2.99. The second-order valence-electron chi connectivity index (χ2n) is 2.59. The van der Waals surface area contributed by atoms with Gasteiger partial charge in [0.05, 0.1) is 10.6 Å². The van der Waals surface area contributed by atoms with Gasteiger partial charge in [-0.3, -0.25) is 0 Å². The average Bonchev–Trinajstić information content (AvgIpc) is 2.16. The van der Waals surface area contributed by atoms with Crippen LogP contribution < -0.4 is 5.32 Å². The molecule has 0 aliphatic rings. The van der Waals surface area contributed by atoms with Gasteiger partial charge >= 0.3 is 5.97 Å². The molecule has 0 atom stereocenters. The van der Waals surface area contributed by atoms with E-state index in [1.807, 2.05) is 0 Å². The summed E-state index contributed by atoms with van der Waals surface area (Å²) in [6.45, 7) is 0. The van der Waals surface area contributed by atoms with Gasteiger partial charge in [-0.2, -0.15) is 0 Å². The lowest BCUT2D eigenvalue weighted by Crippen LogP contribution is -2.02. The Labute approximate surface area is 86.0 Å². The van der Waals surface area contributed by atoms with Crippen molar-refractivity contribution in [1.29, 1.82) is 5.41 Å². The first-order chi connectivity index (χ1) is 6.61. The van der Waals surface area contributed by atoms with Gasteiger partial charge < -0.3 is 15.8 Å². The van der Waals surface area contributed by atoms with Gasteiger partial charge in [-0.1, -0.05) is 11.6 Å². The monoisotopic (exact) mass is 212 g/mol. The smallest absolute Gasteiger partial charge is 0.337 e. The zero-order chi connectivity index (χ0) is 10.7. The number of nitrogens with one attached hydrogen (secondary N) is 2. The number of halogens is 1. The van der Waals surface area contributed by atoms with E-state index in [9.17, 15) is 4.79 Å². The van der Waals surface area contributed by atoms with Gasteiger partial charge in [0.2, 0.25) is 0 Å². The van der Waals surface area contributed by atoms with Gasteiger partial charge in [0.25, 0.3) is 0 Å². The maximum absolute atomic E-state index is 10.7.